The molecule has 0 radical (unpaired) electrons. The molecule has 1 aromatic heterocycles. The summed E-state index contributed by atoms with van der Waals surface area (Å²) in [5, 5.41) is 8.73. The molecular formula is C13H18N4OS. The highest BCUT2D eigenvalue weighted by Gasteiger charge is 2.01. The van der Waals surface area contributed by atoms with Gasteiger partial charge in [-0.2, -0.15) is 0 Å². The summed E-state index contributed by atoms with van der Waals surface area (Å²) in [7, 11) is 1.93. The maximum Gasteiger partial charge on any atom is 0.190 e. The third kappa shape index (κ3) is 4.25. The number of nitrogens with two attached hydrogens (primary N) is 1. The van der Waals surface area contributed by atoms with Crippen LogP contribution in [-0.2, 0) is 13.5 Å². The number of thioether (sulfide) groups is 1. The van der Waals surface area contributed by atoms with Crippen LogP contribution in [-0.4, -0.2) is 33.7 Å². The van der Waals surface area contributed by atoms with Gasteiger partial charge in [0.15, 0.2) is 5.16 Å². The second-order valence-electron chi connectivity index (χ2n) is 4.10. The molecule has 19 heavy (non-hydrogen) atoms. The maximum atomic E-state index is 5.67. The lowest BCUT2D eigenvalue weighted by Gasteiger charge is -2.06. The lowest BCUT2D eigenvalue weighted by molar-refractivity contribution is 0.343. The Morgan fingerprint density at radius 2 is 2.11 bits per heavy atom. The van der Waals surface area contributed by atoms with E-state index in [4.69, 9.17) is 10.5 Å². The fraction of sp³-hybridized carbons (Fsp3) is 0.385. The van der Waals surface area contributed by atoms with Gasteiger partial charge in [-0.05, 0) is 30.7 Å². The van der Waals surface area contributed by atoms with Gasteiger partial charge < -0.3 is 15.0 Å². The lowest BCUT2D eigenvalue weighted by Crippen LogP contribution is -2.03. The van der Waals surface area contributed by atoms with Crippen molar-refractivity contribution in [1.82, 2.24) is 14.8 Å². The summed E-state index contributed by atoms with van der Waals surface area (Å²) in [4.78, 5) is 0. The second kappa shape index (κ2) is 7.16. The number of nitrogens with zero attached hydrogens (tertiary/aromatic N) is 3. The van der Waals surface area contributed by atoms with Crippen LogP contribution in [0.25, 0.3) is 0 Å². The largest absolute Gasteiger partial charge is 0.493 e. The second-order valence-corrected chi connectivity index (χ2v) is 5.17. The van der Waals surface area contributed by atoms with Crippen LogP contribution in [0.4, 0.5) is 0 Å². The zero-order valence-electron chi connectivity index (χ0n) is 11.0. The zero-order valence-corrected chi connectivity index (χ0v) is 11.8. The third-order valence-electron chi connectivity index (χ3n) is 2.61. The molecule has 0 amide bonds. The van der Waals surface area contributed by atoms with E-state index in [2.05, 4.69) is 22.3 Å². The van der Waals surface area contributed by atoms with Crippen molar-refractivity contribution in [1.29, 1.82) is 0 Å². The van der Waals surface area contributed by atoms with E-state index in [-0.39, 0.29) is 0 Å². The Balaban J connectivity index is 1.72. The summed E-state index contributed by atoms with van der Waals surface area (Å²) in [6, 6.07) is 8.08. The van der Waals surface area contributed by atoms with E-state index in [0.29, 0.717) is 13.2 Å². The average Bonchev–Trinajstić information content (AvgIpc) is 2.83. The molecule has 1 heterocycles. The Hall–Kier alpha value is -1.53. The number of aromatic nitrogens is 3. The van der Waals surface area contributed by atoms with Gasteiger partial charge in [0.05, 0.1) is 6.61 Å². The number of aryl methyl sites for hydroxylation is 1. The highest BCUT2D eigenvalue weighted by molar-refractivity contribution is 7.99. The number of benzene rings is 1. The molecule has 0 aliphatic rings. The molecule has 0 bridgehead atoms. The third-order valence-corrected chi connectivity index (χ3v) is 3.61. The van der Waals surface area contributed by atoms with E-state index in [1.807, 2.05) is 23.7 Å². The van der Waals surface area contributed by atoms with Gasteiger partial charge in [0, 0.05) is 12.8 Å². The minimum Gasteiger partial charge on any atom is -0.493 e. The number of hydrogen-bond donors (Lipinski definition) is 1. The first-order valence-electron chi connectivity index (χ1n) is 6.18. The van der Waals surface area contributed by atoms with Crippen LogP contribution < -0.4 is 10.5 Å². The molecule has 5 nitrogen and oxygen atoms in total. The van der Waals surface area contributed by atoms with Crippen LogP contribution in [0.15, 0.2) is 35.7 Å². The Morgan fingerprint density at radius 3 is 2.74 bits per heavy atom. The first-order chi connectivity index (χ1) is 9.29. The fourth-order valence-corrected chi connectivity index (χ4v) is 2.32. The van der Waals surface area contributed by atoms with Gasteiger partial charge in [-0.15, -0.1) is 10.2 Å². The highest BCUT2D eigenvalue weighted by atomic mass is 32.2. The maximum absolute atomic E-state index is 5.67. The zero-order chi connectivity index (χ0) is 13.5. The van der Waals surface area contributed by atoms with Crippen molar-refractivity contribution >= 4 is 11.8 Å². The molecule has 102 valence electrons. The molecule has 0 unspecified atom stereocenters. The summed E-state index contributed by atoms with van der Waals surface area (Å²) in [6.45, 7) is 1.32. The summed E-state index contributed by atoms with van der Waals surface area (Å²) in [6.07, 6.45) is 2.60. The molecule has 0 saturated heterocycles. The van der Waals surface area contributed by atoms with Gasteiger partial charge in [-0.3, -0.25) is 0 Å². The smallest absolute Gasteiger partial charge is 0.190 e. The first-order valence-corrected chi connectivity index (χ1v) is 7.17. The van der Waals surface area contributed by atoms with Gasteiger partial charge in [0.25, 0.3) is 0 Å². The van der Waals surface area contributed by atoms with Crippen molar-refractivity contribution in [3.63, 3.8) is 0 Å². The van der Waals surface area contributed by atoms with Crippen LogP contribution in [0.5, 0.6) is 5.75 Å². The quantitative estimate of drug-likeness (QED) is 0.614. The fourth-order valence-electron chi connectivity index (χ4n) is 1.61. The number of rotatable bonds is 7. The number of hydrogen-bond acceptors (Lipinski definition) is 5. The molecule has 0 atom stereocenters. The molecule has 0 aliphatic heterocycles. The van der Waals surface area contributed by atoms with E-state index in [0.717, 1.165) is 23.1 Å². The van der Waals surface area contributed by atoms with E-state index >= 15 is 0 Å². The topological polar surface area (TPSA) is 66.0 Å². The average molecular weight is 278 g/mol. The standard InChI is InChI=1S/C13H18N4OS/c1-17-10-15-16-13(17)19-9-8-18-12-4-2-11(3-5-12)6-7-14/h2-5,10H,6-9,14H2,1H3. The molecule has 2 aromatic rings. The molecule has 6 heteroatoms. The van der Waals surface area contributed by atoms with Crippen molar-refractivity contribution in [2.75, 3.05) is 18.9 Å². The Labute approximate surface area is 117 Å². The van der Waals surface area contributed by atoms with Gasteiger partial charge >= 0.3 is 0 Å². The summed E-state index contributed by atoms with van der Waals surface area (Å²) < 4.78 is 7.56. The van der Waals surface area contributed by atoms with Gasteiger partial charge in [-0.1, -0.05) is 23.9 Å². The molecule has 0 saturated carbocycles. The molecule has 2 rings (SSSR count). The Kier molecular flexibility index (Phi) is 5.23. The molecular weight excluding hydrogens is 260 g/mol. The van der Waals surface area contributed by atoms with Crippen LogP contribution in [0.2, 0.25) is 0 Å². The molecule has 0 spiro atoms. The Morgan fingerprint density at radius 1 is 1.32 bits per heavy atom. The SMILES string of the molecule is Cn1cnnc1SCCOc1ccc(CCN)cc1. The number of ether oxygens (including phenoxy) is 1. The summed E-state index contributed by atoms with van der Waals surface area (Å²) in [5.41, 5.74) is 6.75. The van der Waals surface area contributed by atoms with Gasteiger partial charge in [0.1, 0.15) is 12.1 Å². The van der Waals surface area contributed by atoms with Crippen molar-refractivity contribution in [2.24, 2.45) is 12.8 Å². The van der Waals surface area contributed by atoms with Crippen LogP contribution in [0.1, 0.15) is 5.56 Å². The normalized spacial score (nSPS) is 10.6. The van der Waals surface area contributed by atoms with E-state index in [1.54, 1.807) is 18.1 Å². The molecule has 2 N–H and O–H groups in total. The van der Waals surface area contributed by atoms with Crippen molar-refractivity contribution in [3.05, 3.63) is 36.2 Å². The Bertz CT molecular complexity index is 498. The monoisotopic (exact) mass is 278 g/mol. The minimum absolute atomic E-state index is 0.647. The molecule has 0 fully saturated rings. The van der Waals surface area contributed by atoms with E-state index in [9.17, 15) is 0 Å². The summed E-state index contributed by atoms with van der Waals surface area (Å²) >= 11 is 1.63. The summed E-state index contributed by atoms with van der Waals surface area (Å²) in [5.74, 6) is 1.73. The van der Waals surface area contributed by atoms with Gasteiger partial charge in [0.2, 0.25) is 0 Å². The van der Waals surface area contributed by atoms with Crippen LogP contribution in [0.3, 0.4) is 0 Å². The predicted molar refractivity (Wildman–Crippen MR) is 76.4 cm³/mol. The van der Waals surface area contributed by atoms with Crippen molar-refractivity contribution in [2.45, 2.75) is 11.6 Å². The van der Waals surface area contributed by atoms with Gasteiger partial charge in [-0.25, -0.2) is 0 Å². The highest BCUT2D eigenvalue weighted by Crippen LogP contribution is 2.15. The van der Waals surface area contributed by atoms with Crippen LogP contribution >= 0.6 is 11.8 Å². The molecule has 0 aliphatic carbocycles. The lowest BCUT2D eigenvalue weighted by atomic mass is 10.1. The van der Waals surface area contributed by atoms with Crippen LogP contribution in [0, 0.1) is 0 Å². The van der Waals surface area contributed by atoms with Crippen molar-refractivity contribution < 1.29 is 4.74 Å². The van der Waals surface area contributed by atoms with E-state index < -0.39 is 0 Å². The van der Waals surface area contributed by atoms with E-state index in [1.165, 1.54) is 5.56 Å². The molecule has 1 aromatic carbocycles. The van der Waals surface area contributed by atoms with Crippen molar-refractivity contribution in [3.8, 4) is 5.75 Å². The predicted octanol–water partition coefficient (Wildman–Crippen LogP) is 1.49. The first kappa shape index (κ1) is 13.9. The minimum atomic E-state index is 0.647.